The summed E-state index contributed by atoms with van der Waals surface area (Å²) in [6.07, 6.45) is 0. The second-order valence-corrected chi connectivity index (χ2v) is 5.79. The average molecular weight is 314 g/mol. The van der Waals surface area contributed by atoms with Gasteiger partial charge in [0.1, 0.15) is 5.75 Å². The average Bonchev–Trinajstić information content (AvgIpc) is 2.43. The molecule has 0 saturated heterocycles. The summed E-state index contributed by atoms with van der Waals surface area (Å²) in [4.78, 5) is -0.190. The van der Waals surface area contributed by atoms with Crippen LogP contribution in [0.1, 0.15) is 0 Å². The van der Waals surface area contributed by atoms with Gasteiger partial charge in [0.15, 0.2) is 11.6 Å². The smallest absolute Gasteiger partial charge is 0.262 e. The van der Waals surface area contributed by atoms with E-state index in [-0.39, 0.29) is 10.6 Å². The molecular formula is C13H12F2N2O3S. The monoisotopic (exact) mass is 314 g/mol. The Morgan fingerprint density at radius 3 is 2.52 bits per heavy atom. The summed E-state index contributed by atoms with van der Waals surface area (Å²) >= 11 is 0. The summed E-state index contributed by atoms with van der Waals surface area (Å²) in [5.74, 6) is -2.11. The van der Waals surface area contributed by atoms with Crippen LogP contribution in [0.5, 0.6) is 5.75 Å². The fourth-order valence-corrected chi connectivity index (χ4v) is 2.76. The van der Waals surface area contributed by atoms with Gasteiger partial charge in [-0.2, -0.15) is 0 Å². The van der Waals surface area contributed by atoms with E-state index in [9.17, 15) is 17.2 Å². The van der Waals surface area contributed by atoms with Crippen molar-refractivity contribution >= 4 is 21.4 Å². The van der Waals surface area contributed by atoms with E-state index in [1.807, 2.05) is 4.72 Å². The summed E-state index contributed by atoms with van der Waals surface area (Å²) in [5.41, 5.74) is 5.25. The topological polar surface area (TPSA) is 81.4 Å². The van der Waals surface area contributed by atoms with Gasteiger partial charge in [-0.15, -0.1) is 0 Å². The second kappa shape index (κ2) is 5.57. The predicted molar refractivity (Wildman–Crippen MR) is 74.6 cm³/mol. The molecule has 8 heteroatoms. The number of sulfonamides is 1. The quantitative estimate of drug-likeness (QED) is 0.849. The third-order valence-electron chi connectivity index (χ3n) is 2.71. The summed E-state index contributed by atoms with van der Waals surface area (Å²) in [6, 6.07) is 6.97. The van der Waals surface area contributed by atoms with E-state index in [1.165, 1.54) is 31.4 Å². The Kier molecular flexibility index (Phi) is 3.99. The fourth-order valence-electron chi connectivity index (χ4n) is 1.67. The molecule has 0 aliphatic rings. The van der Waals surface area contributed by atoms with Crippen LogP contribution < -0.4 is 15.2 Å². The lowest BCUT2D eigenvalue weighted by molar-refractivity contribution is 0.416. The van der Waals surface area contributed by atoms with Gasteiger partial charge in [-0.05, 0) is 30.3 Å². The molecule has 0 saturated carbocycles. The number of benzene rings is 2. The maximum absolute atomic E-state index is 13.5. The van der Waals surface area contributed by atoms with Crippen LogP contribution in [0.4, 0.5) is 20.2 Å². The first-order valence-corrected chi connectivity index (χ1v) is 7.24. The molecule has 0 aliphatic heterocycles. The van der Waals surface area contributed by atoms with Crippen LogP contribution in [0, 0.1) is 11.6 Å². The van der Waals surface area contributed by atoms with Gasteiger partial charge in [0, 0.05) is 0 Å². The molecule has 2 aromatic carbocycles. The number of nitrogens with two attached hydrogens (primary N) is 1. The third-order valence-corrected chi connectivity index (χ3v) is 4.07. The molecule has 0 fully saturated rings. The second-order valence-electron chi connectivity index (χ2n) is 4.11. The molecule has 0 spiro atoms. The SMILES string of the molecule is COc1ccc(S(=O)(=O)Nc2cccc(F)c2F)cc1N. The maximum Gasteiger partial charge on any atom is 0.262 e. The number of ether oxygens (including phenoxy) is 1. The highest BCUT2D eigenvalue weighted by atomic mass is 32.2. The van der Waals surface area contributed by atoms with Crippen molar-refractivity contribution in [3.63, 3.8) is 0 Å². The first-order chi connectivity index (χ1) is 9.85. The van der Waals surface area contributed by atoms with Gasteiger partial charge < -0.3 is 10.5 Å². The van der Waals surface area contributed by atoms with Crippen LogP contribution in [0.25, 0.3) is 0 Å². The molecule has 0 aromatic heterocycles. The summed E-state index contributed by atoms with van der Waals surface area (Å²) in [7, 11) is -2.70. The molecule has 2 aromatic rings. The lowest BCUT2D eigenvalue weighted by Gasteiger charge is -2.11. The molecule has 5 nitrogen and oxygen atoms in total. The highest BCUT2D eigenvalue weighted by Gasteiger charge is 2.19. The first kappa shape index (κ1) is 15.0. The molecular weight excluding hydrogens is 302 g/mol. The van der Waals surface area contributed by atoms with E-state index < -0.39 is 27.3 Å². The minimum Gasteiger partial charge on any atom is -0.495 e. The number of hydrogen-bond acceptors (Lipinski definition) is 4. The van der Waals surface area contributed by atoms with E-state index in [0.717, 1.165) is 12.1 Å². The zero-order chi connectivity index (χ0) is 15.6. The summed E-state index contributed by atoms with van der Waals surface area (Å²) in [5, 5.41) is 0. The number of methoxy groups -OCH3 is 1. The number of anilines is 2. The minimum absolute atomic E-state index is 0.111. The molecule has 3 N–H and O–H groups in total. The van der Waals surface area contributed by atoms with Crippen molar-refractivity contribution in [1.29, 1.82) is 0 Å². The number of rotatable bonds is 4. The summed E-state index contributed by atoms with van der Waals surface area (Å²) < 4.78 is 57.7. The van der Waals surface area contributed by atoms with Gasteiger partial charge in [-0.1, -0.05) is 6.07 Å². The first-order valence-electron chi connectivity index (χ1n) is 5.75. The van der Waals surface area contributed by atoms with Crippen molar-refractivity contribution in [3.05, 3.63) is 48.0 Å². The number of halogens is 2. The fraction of sp³-hybridized carbons (Fsp3) is 0.0769. The molecule has 21 heavy (non-hydrogen) atoms. The Labute approximate surface area is 120 Å². The molecule has 2 rings (SSSR count). The van der Waals surface area contributed by atoms with Gasteiger partial charge in [-0.25, -0.2) is 17.2 Å². The molecule has 0 bridgehead atoms. The van der Waals surface area contributed by atoms with Crippen LogP contribution in [0.15, 0.2) is 41.3 Å². The Balaban J connectivity index is 2.39. The van der Waals surface area contributed by atoms with Gasteiger partial charge in [0.25, 0.3) is 10.0 Å². The molecule has 0 heterocycles. The molecule has 0 unspecified atom stereocenters. The molecule has 0 amide bonds. The minimum atomic E-state index is -4.09. The van der Waals surface area contributed by atoms with Crippen molar-refractivity contribution in [2.24, 2.45) is 0 Å². The van der Waals surface area contributed by atoms with Crippen molar-refractivity contribution < 1.29 is 21.9 Å². The van der Waals surface area contributed by atoms with Crippen LogP contribution in [-0.4, -0.2) is 15.5 Å². The number of nitrogens with one attached hydrogen (secondary N) is 1. The normalized spacial score (nSPS) is 11.2. The summed E-state index contributed by atoms with van der Waals surface area (Å²) in [6.45, 7) is 0. The Hall–Kier alpha value is -2.35. The van der Waals surface area contributed by atoms with Crippen molar-refractivity contribution in [2.45, 2.75) is 4.90 Å². The largest absolute Gasteiger partial charge is 0.495 e. The van der Waals surface area contributed by atoms with Gasteiger partial charge in [-0.3, -0.25) is 4.72 Å². The van der Waals surface area contributed by atoms with Crippen LogP contribution in [-0.2, 0) is 10.0 Å². The lowest BCUT2D eigenvalue weighted by Crippen LogP contribution is -2.14. The Morgan fingerprint density at radius 1 is 1.19 bits per heavy atom. The predicted octanol–water partition coefficient (Wildman–Crippen LogP) is 2.36. The zero-order valence-corrected chi connectivity index (χ0v) is 11.7. The van der Waals surface area contributed by atoms with E-state index in [4.69, 9.17) is 10.5 Å². The van der Waals surface area contributed by atoms with E-state index in [1.54, 1.807) is 0 Å². The maximum atomic E-state index is 13.5. The van der Waals surface area contributed by atoms with Gasteiger partial charge in [0.2, 0.25) is 0 Å². The number of hydrogen-bond donors (Lipinski definition) is 2. The van der Waals surface area contributed by atoms with Crippen LogP contribution in [0.2, 0.25) is 0 Å². The van der Waals surface area contributed by atoms with Gasteiger partial charge >= 0.3 is 0 Å². The van der Waals surface area contributed by atoms with Crippen LogP contribution >= 0.6 is 0 Å². The van der Waals surface area contributed by atoms with Crippen molar-refractivity contribution in [1.82, 2.24) is 0 Å². The Bertz CT molecular complexity index is 779. The molecule has 112 valence electrons. The van der Waals surface area contributed by atoms with Crippen LogP contribution in [0.3, 0.4) is 0 Å². The Morgan fingerprint density at radius 2 is 1.90 bits per heavy atom. The lowest BCUT2D eigenvalue weighted by atomic mass is 10.3. The molecule has 0 radical (unpaired) electrons. The highest BCUT2D eigenvalue weighted by Crippen LogP contribution is 2.26. The van der Waals surface area contributed by atoms with E-state index in [2.05, 4.69) is 0 Å². The molecule has 0 atom stereocenters. The van der Waals surface area contributed by atoms with Crippen molar-refractivity contribution in [2.75, 3.05) is 17.6 Å². The highest BCUT2D eigenvalue weighted by molar-refractivity contribution is 7.92. The number of nitrogen functional groups attached to an aromatic ring is 1. The standard InChI is InChI=1S/C13H12F2N2O3S/c1-20-12-6-5-8(7-10(12)16)21(18,19)17-11-4-2-3-9(14)13(11)15/h2-7,17H,16H2,1H3. The van der Waals surface area contributed by atoms with Crippen molar-refractivity contribution in [3.8, 4) is 5.75 Å². The zero-order valence-electron chi connectivity index (χ0n) is 10.9. The molecule has 0 aliphatic carbocycles. The third kappa shape index (κ3) is 3.05. The van der Waals surface area contributed by atoms with E-state index >= 15 is 0 Å². The van der Waals surface area contributed by atoms with Gasteiger partial charge in [0.05, 0.1) is 23.4 Å². The van der Waals surface area contributed by atoms with E-state index in [0.29, 0.717) is 5.75 Å².